The van der Waals surface area contributed by atoms with Gasteiger partial charge in [0, 0.05) is 25.4 Å². The van der Waals surface area contributed by atoms with E-state index in [4.69, 9.17) is 4.74 Å². The summed E-state index contributed by atoms with van der Waals surface area (Å²) in [5, 5.41) is 6.19. The summed E-state index contributed by atoms with van der Waals surface area (Å²) >= 11 is 0. The molecule has 1 aromatic carbocycles. The number of benzene rings is 1. The van der Waals surface area contributed by atoms with Crippen LogP contribution in [0.1, 0.15) is 49.9 Å². The number of carbonyl (C=O) groups is 2. The van der Waals surface area contributed by atoms with Gasteiger partial charge >= 0.3 is 5.97 Å². The number of nitrogens with zero attached hydrogens (tertiary/aromatic N) is 4. The second kappa shape index (κ2) is 9.65. The van der Waals surface area contributed by atoms with Gasteiger partial charge < -0.3 is 9.30 Å². The van der Waals surface area contributed by atoms with Crippen molar-refractivity contribution in [1.82, 2.24) is 14.5 Å². The largest absolute Gasteiger partial charge is 0.465 e. The topological polar surface area (TPSA) is 67.1 Å². The molecular weight excluding hydrogens is 411 g/mol. The summed E-state index contributed by atoms with van der Waals surface area (Å²) in [6.45, 7) is 2.89. The Bertz CT molecular complexity index is 1000. The first-order chi connectivity index (χ1) is 15.5. The zero-order chi connectivity index (χ0) is 22.7. The van der Waals surface area contributed by atoms with Gasteiger partial charge in [-0.05, 0) is 56.1 Å². The van der Waals surface area contributed by atoms with Crippen molar-refractivity contribution in [3.63, 3.8) is 0 Å². The Labute approximate surface area is 187 Å². The smallest absolute Gasteiger partial charge is 0.323 e. The number of halogens is 1. The maximum atomic E-state index is 13.4. The molecule has 0 N–H and O–H groups in total. The zero-order valence-electron chi connectivity index (χ0n) is 18.5. The van der Waals surface area contributed by atoms with Gasteiger partial charge in [-0.1, -0.05) is 18.6 Å². The van der Waals surface area contributed by atoms with Gasteiger partial charge in [0.2, 0.25) is 0 Å². The molecule has 1 fully saturated rings. The molecule has 0 bridgehead atoms. The van der Waals surface area contributed by atoms with Crippen LogP contribution in [0.25, 0.3) is 0 Å². The summed E-state index contributed by atoms with van der Waals surface area (Å²) < 4.78 is 20.6. The average Bonchev–Trinajstić information content (AvgIpc) is 3.41. The number of amides is 1. The maximum absolute atomic E-state index is 13.4. The van der Waals surface area contributed by atoms with Crippen LogP contribution < -0.4 is 0 Å². The molecule has 32 heavy (non-hydrogen) atoms. The van der Waals surface area contributed by atoms with Crippen LogP contribution in [0.15, 0.2) is 47.7 Å². The quantitative estimate of drug-likeness (QED) is 0.647. The molecule has 0 saturated carbocycles. The number of hydrogen-bond donors (Lipinski definition) is 0. The van der Waals surface area contributed by atoms with E-state index in [9.17, 15) is 14.0 Å². The van der Waals surface area contributed by atoms with Crippen LogP contribution in [0.2, 0.25) is 0 Å². The Morgan fingerprint density at radius 1 is 1.19 bits per heavy atom. The third-order valence-electron chi connectivity index (χ3n) is 6.18. The van der Waals surface area contributed by atoms with Gasteiger partial charge in [-0.3, -0.25) is 14.5 Å². The highest BCUT2D eigenvalue weighted by atomic mass is 19.1. The van der Waals surface area contributed by atoms with Gasteiger partial charge in [-0.15, -0.1) is 0 Å². The van der Waals surface area contributed by atoms with E-state index in [2.05, 4.69) is 5.10 Å². The Hall–Kier alpha value is -3.00. The van der Waals surface area contributed by atoms with Crippen LogP contribution >= 0.6 is 0 Å². The molecule has 1 saturated heterocycles. The molecule has 4 rings (SSSR count). The van der Waals surface area contributed by atoms with E-state index >= 15 is 0 Å². The molecule has 2 aromatic rings. The molecule has 0 aliphatic carbocycles. The SMILES string of the molecule is CCOC(=O)[C@@H]1CCCCN1CC(=O)N1N=C(c2ccc(F)cc2)C[C@H]1c1cccn1C. The summed E-state index contributed by atoms with van der Waals surface area (Å²) in [5.41, 5.74) is 2.51. The number of likely N-dealkylation sites (tertiary alicyclic amines) is 1. The van der Waals surface area contributed by atoms with Crippen LogP contribution in [0.5, 0.6) is 0 Å². The minimum absolute atomic E-state index is 0.102. The van der Waals surface area contributed by atoms with Gasteiger partial charge in [0.05, 0.1) is 18.9 Å². The second-order valence-electron chi connectivity index (χ2n) is 8.29. The van der Waals surface area contributed by atoms with Crippen LogP contribution in [-0.4, -0.2) is 57.8 Å². The molecule has 170 valence electrons. The summed E-state index contributed by atoms with van der Waals surface area (Å²) in [5.74, 6) is -0.741. The third-order valence-corrected chi connectivity index (χ3v) is 6.18. The van der Waals surface area contributed by atoms with Crippen molar-refractivity contribution in [2.45, 2.75) is 44.7 Å². The number of hydrazone groups is 1. The molecular formula is C24H29FN4O3. The lowest BCUT2D eigenvalue weighted by molar-refractivity contribution is -0.152. The first kappa shape index (κ1) is 22.2. The lowest BCUT2D eigenvalue weighted by Crippen LogP contribution is -2.49. The van der Waals surface area contributed by atoms with Crippen molar-refractivity contribution in [2.75, 3.05) is 19.7 Å². The fraction of sp³-hybridized carbons (Fsp3) is 0.458. The van der Waals surface area contributed by atoms with Crippen LogP contribution in [0.3, 0.4) is 0 Å². The third kappa shape index (κ3) is 4.60. The van der Waals surface area contributed by atoms with E-state index in [1.807, 2.05) is 34.8 Å². The second-order valence-corrected chi connectivity index (χ2v) is 8.29. The number of esters is 1. The highest BCUT2D eigenvalue weighted by Gasteiger charge is 2.37. The standard InChI is InChI=1S/C24H29FN4O3/c1-3-32-24(31)21-7-4-5-14-28(21)16-23(30)29-22(20-8-6-13-27(20)2)15-19(26-29)17-9-11-18(25)12-10-17/h6,8-13,21-22H,3-5,7,14-16H2,1-2H3/t21-,22-/m0/s1. The number of hydrogen-bond acceptors (Lipinski definition) is 5. The van der Waals surface area contributed by atoms with Crippen molar-refractivity contribution in [1.29, 1.82) is 0 Å². The lowest BCUT2D eigenvalue weighted by atomic mass is 10.0. The number of ether oxygens (including phenoxy) is 1. The molecule has 3 heterocycles. The molecule has 0 spiro atoms. The first-order valence-electron chi connectivity index (χ1n) is 11.1. The summed E-state index contributed by atoms with van der Waals surface area (Å²) in [6.07, 6.45) is 5.05. The van der Waals surface area contributed by atoms with E-state index in [0.717, 1.165) is 29.8 Å². The van der Waals surface area contributed by atoms with E-state index in [0.29, 0.717) is 26.0 Å². The Balaban J connectivity index is 1.58. The normalized spacial score (nSPS) is 21.5. The van der Waals surface area contributed by atoms with Crippen molar-refractivity contribution in [3.05, 3.63) is 59.7 Å². The minimum Gasteiger partial charge on any atom is -0.465 e. The van der Waals surface area contributed by atoms with Crippen molar-refractivity contribution in [3.8, 4) is 0 Å². The zero-order valence-corrected chi connectivity index (χ0v) is 18.5. The van der Waals surface area contributed by atoms with E-state index in [1.165, 1.54) is 17.1 Å². The Morgan fingerprint density at radius 2 is 1.97 bits per heavy atom. The number of piperidine rings is 1. The summed E-state index contributed by atoms with van der Waals surface area (Å²) in [7, 11) is 1.94. The van der Waals surface area contributed by atoms with Crippen molar-refractivity contribution < 1.29 is 18.7 Å². The number of rotatable bonds is 6. The van der Waals surface area contributed by atoms with E-state index in [-0.39, 0.29) is 30.3 Å². The fourth-order valence-electron chi connectivity index (χ4n) is 4.54. The predicted molar refractivity (Wildman–Crippen MR) is 118 cm³/mol. The molecule has 0 unspecified atom stereocenters. The average molecular weight is 441 g/mol. The molecule has 2 aliphatic heterocycles. The minimum atomic E-state index is -0.399. The van der Waals surface area contributed by atoms with Crippen LogP contribution in [0.4, 0.5) is 4.39 Å². The summed E-state index contributed by atoms with van der Waals surface area (Å²) in [4.78, 5) is 27.8. The van der Waals surface area contributed by atoms with Gasteiger partial charge in [-0.25, -0.2) is 9.40 Å². The molecule has 8 heteroatoms. The van der Waals surface area contributed by atoms with Crippen molar-refractivity contribution in [2.24, 2.45) is 12.1 Å². The Morgan fingerprint density at radius 3 is 2.66 bits per heavy atom. The number of carbonyl (C=O) groups excluding carboxylic acids is 2. The van der Waals surface area contributed by atoms with Gasteiger partial charge in [0.25, 0.3) is 5.91 Å². The molecule has 1 aromatic heterocycles. The first-order valence-corrected chi connectivity index (χ1v) is 11.1. The molecule has 2 aliphatic rings. The predicted octanol–water partition coefficient (Wildman–Crippen LogP) is 3.26. The summed E-state index contributed by atoms with van der Waals surface area (Å²) in [6, 6.07) is 9.44. The van der Waals surface area contributed by atoms with E-state index < -0.39 is 6.04 Å². The van der Waals surface area contributed by atoms with Gasteiger partial charge in [0.15, 0.2) is 0 Å². The number of aromatic nitrogens is 1. The van der Waals surface area contributed by atoms with Crippen LogP contribution in [0, 0.1) is 5.82 Å². The monoisotopic (exact) mass is 440 g/mol. The lowest BCUT2D eigenvalue weighted by Gasteiger charge is -2.34. The maximum Gasteiger partial charge on any atom is 0.323 e. The van der Waals surface area contributed by atoms with Crippen molar-refractivity contribution >= 4 is 17.6 Å². The fourth-order valence-corrected chi connectivity index (χ4v) is 4.54. The molecule has 1 amide bonds. The molecule has 0 radical (unpaired) electrons. The van der Waals surface area contributed by atoms with Gasteiger partial charge in [0.1, 0.15) is 17.9 Å². The Kier molecular flexibility index (Phi) is 6.69. The molecule has 7 nitrogen and oxygen atoms in total. The molecule has 2 atom stereocenters. The van der Waals surface area contributed by atoms with Gasteiger partial charge in [-0.2, -0.15) is 5.10 Å². The van der Waals surface area contributed by atoms with E-state index in [1.54, 1.807) is 19.1 Å². The van der Waals surface area contributed by atoms with Crippen LogP contribution in [-0.2, 0) is 21.4 Å². The number of aryl methyl sites for hydroxylation is 1. The highest BCUT2D eigenvalue weighted by molar-refractivity contribution is 6.03. The highest BCUT2D eigenvalue weighted by Crippen LogP contribution is 2.33.